The molecule has 4 aromatic rings. The number of ether oxygens (including phenoxy) is 1. The van der Waals surface area contributed by atoms with Gasteiger partial charge in [-0.25, -0.2) is 9.78 Å². The van der Waals surface area contributed by atoms with Crippen LogP contribution in [0, 0.1) is 0 Å². The second kappa shape index (κ2) is 11.1. The van der Waals surface area contributed by atoms with Gasteiger partial charge in [-0.3, -0.25) is 5.32 Å². The smallest absolute Gasteiger partial charge is 0.391 e. The van der Waals surface area contributed by atoms with Crippen LogP contribution in [0.1, 0.15) is 24.1 Å². The highest BCUT2D eigenvalue weighted by Gasteiger charge is 2.34. The maximum absolute atomic E-state index is 13.8. The van der Waals surface area contributed by atoms with Gasteiger partial charge in [0.05, 0.1) is 17.3 Å². The first-order chi connectivity index (χ1) is 17.6. The average Bonchev–Trinajstić information content (AvgIpc) is 2.84. The number of fused-ring (bicyclic) bond motifs is 1. The number of rotatable bonds is 5. The number of nitrogens with zero attached hydrogens (tertiary/aromatic N) is 1. The Morgan fingerprint density at radius 1 is 1.00 bits per heavy atom. The standard InChI is InChI=1S/C26H20BrF3N4O2S/c1-15(16-6-8-19(27)9-7-16)32-24(37)33-20-10-11-22(21(13-20)26(28,29)30)34-25(35)36-23-12-17-4-2-3-5-18(17)14-31-23/h2-15H,1H3,(H,34,35)(H2,32,33,37)/t15-/m0/s1. The van der Waals surface area contributed by atoms with E-state index in [2.05, 4.69) is 36.9 Å². The molecule has 190 valence electrons. The summed E-state index contributed by atoms with van der Waals surface area (Å²) < 4.78 is 47.4. The molecule has 0 saturated heterocycles. The van der Waals surface area contributed by atoms with Crippen LogP contribution in [0.15, 0.2) is 83.5 Å². The molecule has 0 fully saturated rings. The summed E-state index contributed by atoms with van der Waals surface area (Å²) in [6.45, 7) is 1.88. The number of benzene rings is 3. The normalized spacial score (nSPS) is 12.0. The summed E-state index contributed by atoms with van der Waals surface area (Å²) in [6, 6.07) is 19.5. The number of hydrogen-bond acceptors (Lipinski definition) is 4. The second-order valence-electron chi connectivity index (χ2n) is 8.01. The predicted octanol–water partition coefficient (Wildman–Crippen LogP) is 7.67. The lowest BCUT2D eigenvalue weighted by atomic mass is 10.1. The molecule has 0 unspecified atom stereocenters. The average molecular weight is 589 g/mol. The van der Waals surface area contributed by atoms with Gasteiger partial charge in [-0.2, -0.15) is 13.2 Å². The highest BCUT2D eigenvalue weighted by atomic mass is 79.9. The Balaban J connectivity index is 1.44. The molecule has 1 heterocycles. The third-order valence-corrected chi connectivity index (χ3v) is 6.09. The summed E-state index contributed by atoms with van der Waals surface area (Å²) in [7, 11) is 0. The van der Waals surface area contributed by atoms with E-state index < -0.39 is 23.5 Å². The summed E-state index contributed by atoms with van der Waals surface area (Å²) in [5.74, 6) is -0.0423. The molecular formula is C26H20BrF3N4O2S. The molecule has 37 heavy (non-hydrogen) atoms. The Labute approximate surface area is 224 Å². The number of halogens is 4. The van der Waals surface area contributed by atoms with Crippen molar-refractivity contribution in [3.05, 3.63) is 94.6 Å². The highest BCUT2D eigenvalue weighted by molar-refractivity contribution is 9.10. The summed E-state index contributed by atoms with van der Waals surface area (Å²) in [5, 5.41) is 9.69. The van der Waals surface area contributed by atoms with Gasteiger partial charge in [0.2, 0.25) is 5.88 Å². The molecule has 1 amide bonds. The number of carbonyl (C=O) groups excluding carboxylic acids is 1. The lowest BCUT2D eigenvalue weighted by molar-refractivity contribution is -0.136. The fourth-order valence-corrected chi connectivity index (χ4v) is 4.07. The van der Waals surface area contributed by atoms with Crippen LogP contribution in [0.2, 0.25) is 0 Å². The molecule has 0 spiro atoms. The van der Waals surface area contributed by atoms with Crippen molar-refractivity contribution >= 4 is 61.5 Å². The minimum atomic E-state index is -4.75. The van der Waals surface area contributed by atoms with Gasteiger partial charge in [0.1, 0.15) is 0 Å². The van der Waals surface area contributed by atoms with Crippen LogP contribution in [0.5, 0.6) is 5.88 Å². The fourth-order valence-electron chi connectivity index (χ4n) is 3.51. The zero-order valence-electron chi connectivity index (χ0n) is 19.3. The van der Waals surface area contributed by atoms with E-state index in [0.29, 0.717) is 0 Å². The molecule has 6 nitrogen and oxygen atoms in total. The van der Waals surface area contributed by atoms with Gasteiger partial charge < -0.3 is 15.4 Å². The molecule has 3 aromatic carbocycles. The number of nitrogens with one attached hydrogen (secondary N) is 3. The predicted molar refractivity (Wildman–Crippen MR) is 145 cm³/mol. The van der Waals surface area contributed by atoms with Gasteiger partial charge in [-0.05, 0) is 60.4 Å². The number of anilines is 2. The van der Waals surface area contributed by atoms with E-state index in [1.807, 2.05) is 43.3 Å². The first-order valence-electron chi connectivity index (χ1n) is 11.0. The maximum atomic E-state index is 13.8. The van der Waals surface area contributed by atoms with E-state index >= 15 is 0 Å². The van der Waals surface area contributed by atoms with E-state index in [1.54, 1.807) is 12.1 Å². The van der Waals surface area contributed by atoms with Crippen LogP contribution in [-0.4, -0.2) is 16.2 Å². The number of thiocarbonyl (C=S) groups is 1. The highest BCUT2D eigenvalue weighted by Crippen LogP contribution is 2.37. The van der Waals surface area contributed by atoms with E-state index in [4.69, 9.17) is 17.0 Å². The van der Waals surface area contributed by atoms with Gasteiger partial charge in [0, 0.05) is 27.8 Å². The number of carbonyl (C=O) groups is 1. The maximum Gasteiger partial charge on any atom is 0.418 e. The number of pyridine rings is 1. The van der Waals surface area contributed by atoms with Crippen LogP contribution in [0.4, 0.5) is 29.3 Å². The SMILES string of the molecule is C[C@H](NC(=S)Nc1ccc(NC(=O)Oc2cc3ccccc3cn2)c(C(F)(F)F)c1)c1ccc(Br)cc1. The lowest BCUT2D eigenvalue weighted by Crippen LogP contribution is -2.31. The number of aromatic nitrogens is 1. The van der Waals surface area contributed by atoms with Gasteiger partial charge >= 0.3 is 12.3 Å². The molecule has 0 saturated carbocycles. The molecule has 1 atom stereocenters. The molecule has 0 bridgehead atoms. The van der Waals surface area contributed by atoms with E-state index in [0.717, 1.165) is 32.9 Å². The molecule has 0 aliphatic rings. The largest absolute Gasteiger partial charge is 0.418 e. The summed E-state index contributed by atoms with van der Waals surface area (Å²) in [5.41, 5.74) is -0.485. The lowest BCUT2D eigenvalue weighted by Gasteiger charge is -2.19. The first kappa shape index (κ1) is 26.4. The van der Waals surface area contributed by atoms with Crippen molar-refractivity contribution in [3.63, 3.8) is 0 Å². The zero-order chi connectivity index (χ0) is 26.6. The Kier molecular flexibility index (Phi) is 7.94. The summed E-state index contributed by atoms with van der Waals surface area (Å²) in [6.07, 6.45) is -4.34. The minimum Gasteiger partial charge on any atom is -0.391 e. The Morgan fingerprint density at radius 2 is 1.70 bits per heavy atom. The quantitative estimate of drug-likeness (QED) is 0.208. The molecule has 3 N–H and O–H groups in total. The first-order valence-corrected chi connectivity index (χ1v) is 12.2. The molecule has 0 radical (unpaired) electrons. The molecule has 0 aliphatic heterocycles. The van der Waals surface area contributed by atoms with Crippen LogP contribution < -0.4 is 20.7 Å². The van der Waals surface area contributed by atoms with Gasteiger partial charge in [0.25, 0.3) is 0 Å². The number of alkyl halides is 3. The van der Waals surface area contributed by atoms with Gasteiger partial charge in [-0.15, -0.1) is 0 Å². The monoisotopic (exact) mass is 588 g/mol. The van der Waals surface area contributed by atoms with Crippen LogP contribution in [0.3, 0.4) is 0 Å². The van der Waals surface area contributed by atoms with Crippen LogP contribution in [-0.2, 0) is 6.18 Å². The van der Waals surface area contributed by atoms with Crippen molar-refractivity contribution in [3.8, 4) is 5.88 Å². The van der Waals surface area contributed by atoms with Crippen LogP contribution >= 0.6 is 28.1 Å². The third kappa shape index (κ3) is 6.95. The van der Waals surface area contributed by atoms with Crippen molar-refractivity contribution < 1.29 is 22.7 Å². The minimum absolute atomic E-state index is 0.0423. The number of amides is 1. The van der Waals surface area contributed by atoms with Crippen molar-refractivity contribution in [2.45, 2.75) is 19.1 Å². The van der Waals surface area contributed by atoms with Crippen molar-refractivity contribution in [1.29, 1.82) is 0 Å². The van der Waals surface area contributed by atoms with Crippen molar-refractivity contribution in [2.24, 2.45) is 0 Å². The van der Waals surface area contributed by atoms with E-state index in [9.17, 15) is 18.0 Å². The fraction of sp³-hybridized carbons (Fsp3) is 0.115. The topological polar surface area (TPSA) is 75.3 Å². The number of hydrogen-bond donors (Lipinski definition) is 3. The Hall–Kier alpha value is -3.70. The van der Waals surface area contributed by atoms with E-state index in [1.165, 1.54) is 18.3 Å². The van der Waals surface area contributed by atoms with Gasteiger partial charge in [0.15, 0.2) is 5.11 Å². The Bertz CT molecular complexity index is 1450. The van der Waals surface area contributed by atoms with Crippen LogP contribution in [0.25, 0.3) is 10.8 Å². The molecular weight excluding hydrogens is 569 g/mol. The molecule has 1 aromatic heterocycles. The van der Waals surface area contributed by atoms with Crippen molar-refractivity contribution in [1.82, 2.24) is 10.3 Å². The van der Waals surface area contributed by atoms with Gasteiger partial charge in [-0.1, -0.05) is 52.3 Å². The second-order valence-corrected chi connectivity index (χ2v) is 9.34. The summed E-state index contributed by atoms with van der Waals surface area (Å²) in [4.78, 5) is 16.4. The zero-order valence-corrected chi connectivity index (χ0v) is 21.7. The third-order valence-electron chi connectivity index (χ3n) is 5.34. The molecule has 4 rings (SSSR count). The molecule has 0 aliphatic carbocycles. The van der Waals surface area contributed by atoms with Crippen molar-refractivity contribution in [2.75, 3.05) is 10.6 Å². The molecule has 11 heteroatoms. The van der Waals surface area contributed by atoms with E-state index in [-0.39, 0.29) is 22.7 Å². The Morgan fingerprint density at radius 3 is 2.41 bits per heavy atom. The summed E-state index contributed by atoms with van der Waals surface area (Å²) >= 11 is 8.64.